The summed E-state index contributed by atoms with van der Waals surface area (Å²) in [5.41, 5.74) is 1.78. The first-order valence-corrected chi connectivity index (χ1v) is 9.18. The van der Waals surface area contributed by atoms with Crippen molar-refractivity contribution < 1.29 is 24.2 Å². The maximum absolute atomic E-state index is 12.8. The van der Waals surface area contributed by atoms with E-state index in [9.17, 15) is 14.4 Å². The number of ether oxygens (including phenoxy) is 1. The quantitative estimate of drug-likeness (QED) is 0.622. The molecule has 1 unspecified atom stereocenters. The number of Topliss-reactive ketones (excluding diaryl/α,β-unsaturated/α-hetero) is 1. The Morgan fingerprint density at radius 2 is 1.64 bits per heavy atom. The molecule has 1 amide bonds. The van der Waals surface area contributed by atoms with Crippen molar-refractivity contribution in [3.63, 3.8) is 0 Å². The summed E-state index contributed by atoms with van der Waals surface area (Å²) in [5, 5.41) is 11.5. The van der Waals surface area contributed by atoms with E-state index < -0.39 is 12.0 Å². The molecule has 0 bridgehead atoms. The average Bonchev–Trinajstić information content (AvgIpc) is 2.68. The summed E-state index contributed by atoms with van der Waals surface area (Å²) in [5.74, 6) is -0.640. The Morgan fingerprint density at radius 1 is 0.964 bits per heavy atom. The number of hydrogen-bond donors (Lipinski definition) is 2. The lowest BCUT2D eigenvalue weighted by molar-refractivity contribution is -0.137. The van der Waals surface area contributed by atoms with Crippen molar-refractivity contribution in [2.75, 3.05) is 7.11 Å². The Morgan fingerprint density at radius 3 is 2.25 bits per heavy atom. The molecule has 28 heavy (non-hydrogen) atoms. The van der Waals surface area contributed by atoms with Gasteiger partial charge in [0.05, 0.1) is 13.2 Å². The van der Waals surface area contributed by atoms with Crippen LogP contribution in [0.1, 0.15) is 30.4 Å². The lowest BCUT2D eigenvalue weighted by atomic mass is 9.97. The highest BCUT2D eigenvalue weighted by molar-refractivity contribution is 5.90. The van der Waals surface area contributed by atoms with Gasteiger partial charge in [0.1, 0.15) is 5.75 Å². The lowest BCUT2D eigenvalue weighted by Crippen LogP contribution is -2.43. The molecule has 0 aliphatic rings. The number of amides is 1. The van der Waals surface area contributed by atoms with E-state index in [0.717, 1.165) is 11.1 Å². The maximum Gasteiger partial charge on any atom is 0.303 e. The van der Waals surface area contributed by atoms with Crippen LogP contribution in [0.15, 0.2) is 54.6 Å². The van der Waals surface area contributed by atoms with E-state index in [0.29, 0.717) is 12.2 Å². The van der Waals surface area contributed by atoms with Crippen LogP contribution in [0.2, 0.25) is 0 Å². The van der Waals surface area contributed by atoms with Gasteiger partial charge in [0, 0.05) is 19.3 Å². The van der Waals surface area contributed by atoms with Crippen LogP contribution in [0.4, 0.5) is 0 Å². The largest absolute Gasteiger partial charge is 0.497 e. The molecule has 2 aromatic carbocycles. The minimum atomic E-state index is -0.941. The smallest absolute Gasteiger partial charge is 0.303 e. The molecular weight excluding hydrogens is 358 g/mol. The molecule has 6 nitrogen and oxygen atoms in total. The highest BCUT2D eigenvalue weighted by atomic mass is 16.5. The number of carboxylic acids is 1. The number of nitrogens with one attached hydrogen (secondary N) is 1. The van der Waals surface area contributed by atoms with Gasteiger partial charge in [-0.2, -0.15) is 0 Å². The molecule has 0 aromatic heterocycles. The summed E-state index contributed by atoms with van der Waals surface area (Å²) >= 11 is 0. The molecular formula is C22H25NO5. The minimum absolute atomic E-state index is 0.0729. The molecule has 6 heteroatoms. The molecule has 2 rings (SSSR count). The van der Waals surface area contributed by atoms with Gasteiger partial charge in [-0.25, -0.2) is 0 Å². The van der Waals surface area contributed by atoms with Gasteiger partial charge in [0.15, 0.2) is 5.78 Å². The molecule has 1 atom stereocenters. The topological polar surface area (TPSA) is 92.7 Å². The van der Waals surface area contributed by atoms with E-state index in [2.05, 4.69) is 5.32 Å². The number of ketones is 1. The zero-order chi connectivity index (χ0) is 20.4. The first-order chi connectivity index (χ1) is 13.5. The summed E-state index contributed by atoms with van der Waals surface area (Å²) in [6.45, 7) is 0. The predicted octanol–water partition coefficient (Wildman–Crippen LogP) is 2.79. The summed E-state index contributed by atoms with van der Waals surface area (Å²) in [4.78, 5) is 35.6. The van der Waals surface area contributed by atoms with Gasteiger partial charge in [-0.05, 0) is 36.1 Å². The van der Waals surface area contributed by atoms with Gasteiger partial charge in [-0.1, -0.05) is 42.5 Å². The zero-order valence-electron chi connectivity index (χ0n) is 15.9. The van der Waals surface area contributed by atoms with Crippen molar-refractivity contribution in [3.8, 4) is 5.75 Å². The van der Waals surface area contributed by atoms with Crippen molar-refractivity contribution in [1.29, 1.82) is 0 Å². The van der Waals surface area contributed by atoms with E-state index in [1.807, 2.05) is 42.5 Å². The normalized spacial score (nSPS) is 11.5. The third-order valence-electron chi connectivity index (χ3n) is 4.34. The van der Waals surface area contributed by atoms with Gasteiger partial charge < -0.3 is 15.2 Å². The van der Waals surface area contributed by atoms with Crippen LogP contribution >= 0.6 is 0 Å². The molecule has 0 heterocycles. The molecule has 0 radical (unpaired) electrons. The maximum atomic E-state index is 12.8. The Hall–Kier alpha value is -3.15. The standard InChI is InChI=1S/C22H25NO5/c1-28-18-12-10-17(11-13-18)15-20(24)19(14-16-6-3-2-4-7-16)23-21(25)8-5-9-22(26)27/h2-4,6-7,10-13,19H,5,8-9,14-15H2,1H3,(H,23,25)(H,26,27). The van der Waals surface area contributed by atoms with Crippen LogP contribution in [0.25, 0.3) is 0 Å². The number of rotatable bonds is 11. The summed E-state index contributed by atoms with van der Waals surface area (Å²) < 4.78 is 5.12. The third-order valence-corrected chi connectivity index (χ3v) is 4.34. The number of hydrogen-bond acceptors (Lipinski definition) is 4. The number of carboxylic acid groups (broad SMARTS) is 1. The number of aliphatic carboxylic acids is 1. The predicted molar refractivity (Wildman–Crippen MR) is 105 cm³/mol. The van der Waals surface area contributed by atoms with Crippen molar-refractivity contribution in [1.82, 2.24) is 5.32 Å². The minimum Gasteiger partial charge on any atom is -0.497 e. The highest BCUT2D eigenvalue weighted by Crippen LogP contribution is 2.13. The van der Waals surface area contributed by atoms with Crippen molar-refractivity contribution in [2.45, 2.75) is 38.1 Å². The van der Waals surface area contributed by atoms with Gasteiger partial charge >= 0.3 is 5.97 Å². The van der Waals surface area contributed by atoms with Gasteiger partial charge in [0.25, 0.3) is 0 Å². The first-order valence-electron chi connectivity index (χ1n) is 9.18. The molecule has 0 spiro atoms. The SMILES string of the molecule is COc1ccc(CC(=O)C(Cc2ccccc2)NC(=O)CCCC(=O)O)cc1. The zero-order valence-corrected chi connectivity index (χ0v) is 15.9. The number of carbonyl (C=O) groups excluding carboxylic acids is 2. The second-order valence-electron chi connectivity index (χ2n) is 6.55. The van der Waals surface area contributed by atoms with Crippen molar-refractivity contribution in [3.05, 3.63) is 65.7 Å². The second kappa shape index (κ2) is 10.9. The van der Waals surface area contributed by atoms with Gasteiger partial charge in [-0.15, -0.1) is 0 Å². The third kappa shape index (κ3) is 7.23. The summed E-state index contributed by atoms with van der Waals surface area (Å²) in [6.07, 6.45) is 0.827. The molecule has 2 aromatic rings. The van der Waals surface area contributed by atoms with Crippen molar-refractivity contribution in [2.24, 2.45) is 0 Å². The van der Waals surface area contributed by atoms with E-state index in [1.54, 1.807) is 19.2 Å². The fourth-order valence-corrected chi connectivity index (χ4v) is 2.83. The highest BCUT2D eigenvalue weighted by Gasteiger charge is 2.21. The fourth-order valence-electron chi connectivity index (χ4n) is 2.83. The molecule has 2 N–H and O–H groups in total. The average molecular weight is 383 g/mol. The van der Waals surface area contributed by atoms with E-state index in [-0.39, 0.29) is 37.4 Å². The number of methoxy groups -OCH3 is 1. The summed E-state index contributed by atoms with van der Waals surface area (Å²) in [7, 11) is 1.58. The fraction of sp³-hybridized carbons (Fsp3) is 0.318. The first kappa shape index (κ1) is 21.2. The molecule has 0 saturated heterocycles. The van der Waals surface area contributed by atoms with Crippen LogP contribution in [-0.4, -0.2) is 35.9 Å². The van der Waals surface area contributed by atoms with Crippen LogP contribution in [0.5, 0.6) is 5.75 Å². The Labute approximate surface area is 164 Å². The monoisotopic (exact) mass is 383 g/mol. The van der Waals surface area contributed by atoms with Gasteiger partial charge in [0.2, 0.25) is 5.91 Å². The van der Waals surface area contributed by atoms with Crippen LogP contribution in [0, 0.1) is 0 Å². The van der Waals surface area contributed by atoms with E-state index in [4.69, 9.17) is 9.84 Å². The van der Waals surface area contributed by atoms with Crippen LogP contribution < -0.4 is 10.1 Å². The number of benzene rings is 2. The molecule has 0 aliphatic heterocycles. The van der Waals surface area contributed by atoms with Crippen LogP contribution in [0.3, 0.4) is 0 Å². The number of carbonyl (C=O) groups is 3. The Kier molecular flexibility index (Phi) is 8.21. The molecule has 0 aliphatic carbocycles. The molecule has 0 saturated carbocycles. The summed E-state index contributed by atoms with van der Waals surface area (Å²) in [6, 6.07) is 16.0. The molecule has 0 fully saturated rings. The van der Waals surface area contributed by atoms with E-state index >= 15 is 0 Å². The van der Waals surface area contributed by atoms with E-state index in [1.165, 1.54) is 0 Å². The molecule has 148 valence electrons. The van der Waals surface area contributed by atoms with Crippen LogP contribution in [-0.2, 0) is 27.2 Å². The lowest BCUT2D eigenvalue weighted by Gasteiger charge is -2.18. The van der Waals surface area contributed by atoms with Crippen molar-refractivity contribution >= 4 is 17.7 Å². The Bertz CT molecular complexity index is 786. The second-order valence-corrected chi connectivity index (χ2v) is 6.55. The van der Waals surface area contributed by atoms with Gasteiger partial charge in [-0.3, -0.25) is 14.4 Å². The Balaban J connectivity index is 2.04.